The van der Waals surface area contributed by atoms with Gasteiger partial charge in [0.1, 0.15) is 0 Å². The number of rotatable bonds is 3. The first-order chi connectivity index (χ1) is 11.2. The Balaban J connectivity index is 3.61. The van der Waals surface area contributed by atoms with Crippen LogP contribution in [0.3, 0.4) is 0 Å². The van der Waals surface area contributed by atoms with E-state index in [4.69, 9.17) is 5.11 Å². The van der Waals surface area contributed by atoms with Crippen molar-refractivity contribution in [2.75, 3.05) is 0 Å². The fourth-order valence-electron chi connectivity index (χ4n) is 2.11. The maximum absolute atomic E-state index is 13.3. The quantitative estimate of drug-likeness (QED) is 0.731. The zero-order valence-electron chi connectivity index (χ0n) is 12.4. The van der Waals surface area contributed by atoms with Gasteiger partial charge in [0.05, 0.1) is 0 Å². The molecule has 0 aliphatic carbocycles. The largest absolute Gasteiger partial charge is 0.430 e. The second-order valence-corrected chi connectivity index (χ2v) is 5.38. The van der Waals surface area contributed by atoms with E-state index in [1.54, 1.807) is 0 Å². The average Bonchev–Trinajstić information content (AvgIpc) is 2.40. The first-order valence-electron chi connectivity index (χ1n) is 6.35. The summed E-state index contributed by atoms with van der Waals surface area (Å²) in [6, 6.07) is -0.969. The zero-order chi connectivity index (χ0) is 21.0. The molecule has 0 spiro atoms. The summed E-state index contributed by atoms with van der Waals surface area (Å²) in [4.78, 5) is 0. The minimum absolute atomic E-state index is 0.206. The van der Waals surface area contributed by atoms with Gasteiger partial charge in [0.2, 0.25) is 5.60 Å². The number of hydrogen-bond acceptors (Lipinski definition) is 2. The molecule has 0 amide bonds. The van der Waals surface area contributed by atoms with Crippen molar-refractivity contribution in [1.82, 2.24) is 0 Å². The van der Waals surface area contributed by atoms with Crippen molar-refractivity contribution >= 4 is 0 Å². The van der Waals surface area contributed by atoms with Crippen molar-refractivity contribution in [3.05, 3.63) is 35.4 Å². The summed E-state index contributed by atoms with van der Waals surface area (Å²) in [6.07, 6.45) is -18.7. The number of halogens is 11. The zero-order valence-corrected chi connectivity index (χ0v) is 12.4. The Labute approximate surface area is 137 Å². The third-order valence-electron chi connectivity index (χ3n) is 3.59. The van der Waals surface area contributed by atoms with Gasteiger partial charge in [-0.15, -0.1) is 0 Å². The van der Waals surface area contributed by atoms with Crippen molar-refractivity contribution in [3.63, 3.8) is 0 Å². The van der Waals surface area contributed by atoms with E-state index in [0.29, 0.717) is 0 Å². The molecule has 1 rings (SSSR count). The topological polar surface area (TPSA) is 40.5 Å². The second-order valence-electron chi connectivity index (χ2n) is 5.38. The highest BCUT2D eigenvalue weighted by Crippen LogP contribution is 2.52. The maximum atomic E-state index is 13.3. The van der Waals surface area contributed by atoms with Crippen molar-refractivity contribution in [2.24, 2.45) is 0 Å². The number of alkyl halides is 11. The summed E-state index contributed by atoms with van der Waals surface area (Å²) < 4.78 is 141. The number of benzene rings is 1. The second kappa shape index (κ2) is 5.94. The lowest BCUT2D eigenvalue weighted by Crippen LogP contribution is -2.55. The van der Waals surface area contributed by atoms with Gasteiger partial charge in [-0.05, 0) is 5.56 Å². The van der Waals surface area contributed by atoms with E-state index in [1.807, 2.05) is 0 Å². The fourth-order valence-corrected chi connectivity index (χ4v) is 2.11. The van der Waals surface area contributed by atoms with E-state index < -0.39 is 46.8 Å². The third-order valence-corrected chi connectivity index (χ3v) is 3.59. The van der Waals surface area contributed by atoms with Crippen LogP contribution in [0.1, 0.15) is 18.1 Å². The smallest absolute Gasteiger partial charge is 0.372 e. The Morgan fingerprint density at radius 3 is 0.962 bits per heavy atom. The molecular formula is C13H9F11O2. The Morgan fingerprint density at radius 1 is 0.538 bits per heavy atom. The van der Waals surface area contributed by atoms with Crippen molar-refractivity contribution < 1.29 is 58.5 Å². The number of aliphatic hydroxyl groups is 2. The lowest BCUT2D eigenvalue weighted by atomic mass is 9.84. The summed E-state index contributed by atoms with van der Waals surface area (Å²) in [5, 5.41) is 18.5. The molecule has 0 heterocycles. The number of hydrogen-bond donors (Lipinski definition) is 2. The van der Waals surface area contributed by atoms with Crippen LogP contribution in [0.25, 0.3) is 0 Å². The van der Waals surface area contributed by atoms with Crippen molar-refractivity contribution in [2.45, 2.75) is 42.6 Å². The molecule has 2 N–H and O–H groups in total. The Hall–Kier alpha value is -1.63. The molecule has 1 unspecified atom stereocenters. The van der Waals surface area contributed by atoms with E-state index in [-0.39, 0.29) is 31.2 Å². The van der Waals surface area contributed by atoms with Gasteiger partial charge in [-0.2, -0.15) is 39.5 Å². The van der Waals surface area contributed by atoms with Gasteiger partial charge in [-0.1, -0.05) is 24.3 Å². The SMILES string of the molecule is CC(F)(F)C(O)(c1ccc(C(O)(C(F)(F)F)C(F)(F)F)cc1)C(F)(F)F. The van der Waals surface area contributed by atoms with Crippen LogP contribution >= 0.6 is 0 Å². The van der Waals surface area contributed by atoms with Gasteiger partial charge in [0, 0.05) is 12.5 Å². The minimum atomic E-state index is -6.32. The summed E-state index contributed by atoms with van der Waals surface area (Å²) >= 11 is 0. The molecule has 0 saturated heterocycles. The predicted octanol–water partition coefficient (Wildman–Crippen LogP) is 4.40. The highest BCUT2D eigenvalue weighted by molar-refractivity contribution is 5.35. The highest BCUT2D eigenvalue weighted by atomic mass is 19.4. The first-order valence-corrected chi connectivity index (χ1v) is 6.35. The van der Waals surface area contributed by atoms with Crippen LogP contribution in [0.4, 0.5) is 48.3 Å². The van der Waals surface area contributed by atoms with Gasteiger partial charge in [0.15, 0.2) is 0 Å². The molecule has 0 saturated carbocycles. The molecule has 2 nitrogen and oxygen atoms in total. The molecule has 0 radical (unpaired) electrons. The highest BCUT2D eigenvalue weighted by Gasteiger charge is 2.72. The van der Waals surface area contributed by atoms with Crippen molar-refractivity contribution in [1.29, 1.82) is 0 Å². The van der Waals surface area contributed by atoms with E-state index in [1.165, 1.54) is 0 Å². The molecule has 0 aromatic heterocycles. The molecule has 1 aromatic carbocycles. The molecule has 0 fully saturated rings. The van der Waals surface area contributed by atoms with Crippen LogP contribution < -0.4 is 0 Å². The summed E-state index contributed by atoms with van der Waals surface area (Å²) in [6.45, 7) is -0.337. The minimum Gasteiger partial charge on any atom is -0.372 e. The normalized spacial score (nSPS) is 17.2. The molecule has 0 aliphatic heterocycles. The summed E-state index contributed by atoms with van der Waals surface area (Å²) in [5.41, 5.74) is -14.0. The van der Waals surface area contributed by atoms with Crippen molar-refractivity contribution in [3.8, 4) is 0 Å². The van der Waals surface area contributed by atoms with Crippen LogP contribution in [0, 0.1) is 0 Å². The van der Waals surface area contributed by atoms with Gasteiger partial charge >= 0.3 is 18.5 Å². The lowest BCUT2D eigenvalue weighted by Gasteiger charge is -2.36. The first kappa shape index (κ1) is 22.4. The fraction of sp³-hybridized carbons (Fsp3) is 0.538. The molecule has 1 atom stereocenters. The molecular weight excluding hydrogens is 397 g/mol. The predicted molar refractivity (Wildman–Crippen MR) is 63.0 cm³/mol. The van der Waals surface area contributed by atoms with E-state index in [9.17, 15) is 53.4 Å². The molecule has 1 aromatic rings. The van der Waals surface area contributed by atoms with E-state index in [0.717, 1.165) is 0 Å². The van der Waals surface area contributed by atoms with Crippen LogP contribution in [-0.4, -0.2) is 34.7 Å². The molecule has 13 heteroatoms. The van der Waals surface area contributed by atoms with Crippen LogP contribution in [0.15, 0.2) is 24.3 Å². The van der Waals surface area contributed by atoms with Crippen LogP contribution in [-0.2, 0) is 11.2 Å². The average molecular weight is 406 g/mol. The Kier molecular flexibility index (Phi) is 5.12. The monoisotopic (exact) mass is 406 g/mol. The third kappa shape index (κ3) is 3.21. The van der Waals surface area contributed by atoms with Gasteiger partial charge in [-0.25, -0.2) is 8.78 Å². The standard InChI is InChI=1S/C13H9F11O2/c1-8(14,15)9(25,11(16,17)18)6-2-4-7(5-3-6)10(26,12(19,20)21)13(22,23)24/h2-5,25-26H,1H3. The van der Waals surface area contributed by atoms with Crippen LogP contribution in [0.5, 0.6) is 0 Å². The Morgan fingerprint density at radius 2 is 0.769 bits per heavy atom. The van der Waals surface area contributed by atoms with Gasteiger partial charge in [0.25, 0.3) is 11.5 Å². The molecule has 150 valence electrons. The summed E-state index contributed by atoms with van der Waals surface area (Å²) in [7, 11) is 0. The van der Waals surface area contributed by atoms with E-state index >= 15 is 0 Å². The molecule has 26 heavy (non-hydrogen) atoms. The van der Waals surface area contributed by atoms with Gasteiger partial charge < -0.3 is 10.2 Å². The van der Waals surface area contributed by atoms with Gasteiger partial charge in [-0.3, -0.25) is 0 Å². The molecule has 0 aliphatic rings. The van der Waals surface area contributed by atoms with Crippen LogP contribution in [0.2, 0.25) is 0 Å². The Bertz CT molecular complexity index is 550. The lowest BCUT2D eigenvalue weighted by molar-refractivity contribution is -0.376. The maximum Gasteiger partial charge on any atom is 0.430 e. The van der Waals surface area contributed by atoms with E-state index in [2.05, 4.69) is 0 Å². The molecule has 0 bridgehead atoms. The summed E-state index contributed by atoms with van der Waals surface area (Å²) in [5.74, 6) is -4.89.